The average molecular weight is 359 g/mol. The van der Waals surface area contributed by atoms with Crippen molar-refractivity contribution in [2.45, 2.75) is 59.2 Å². The molecule has 3 amide bonds. The lowest BCUT2D eigenvalue weighted by atomic mass is 10.00. The lowest BCUT2D eigenvalue weighted by molar-refractivity contribution is -0.143. The van der Waals surface area contributed by atoms with Crippen LogP contribution in [-0.4, -0.2) is 58.6 Å². The summed E-state index contributed by atoms with van der Waals surface area (Å²) in [4.78, 5) is 46.9. The maximum absolute atomic E-state index is 12.4. The predicted octanol–water partition coefficient (Wildman–Crippen LogP) is -0.760. The number of aliphatic hydroxyl groups excluding tert-OH is 1. The summed E-state index contributed by atoms with van der Waals surface area (Å²) < 4.78 is 0. The summed E-state index contributed by atoms with van der Waals surface area (Å²) in [6.45, 7) is 7.60. The van der Waals surface area contributed by atoms with Crippen LogP contribution in [0.2, 0.25) is 0 Å². The molecule has 0 aliphatic heterocycles. The fourth-order valence-corrected chi connectivity index (χ4v) is 2.18. The second-order valence-corrected chi connectivity index (χ2v) is 6.69. The van der Waals surface area contributed by atoms with Crippen LogP contribution in [0.4, 0.5) is 0 Å². The first-order valence-corrected chi connectivity index (χ1v) is 8.21. The van der Waals surface area contributed by atoms with Gasteiger partial charge in [-0.3, -0.25) is 14.4 Å². The maximum Gasteiger partial charge on any atom is 0.326 e. The highest BCUT2D eigenvalue weighted by atomic mass is 16.4. The summed E-state index contributed by atoms with van der Waals surface area (Å²) in [5, 5.41) is 25.6. The van der Waals surface area contributed by atoms with Crippen molar-refractivity contribution in [3.8, 4) is 0 Å². The Kier molecular flexibility index (Phi) is 9.73. The van der Waals surface area contributed by atoms with E-state index in [0.29, 0.717) is 0 Å². The Labute approximate surface area is 147 Å². The van der Waals surface area contributed by atoms with E-state index < -0.39 is 48.4 Å². The van der Waals surface area contributed by atoms with Gasteiger partial charge in [0.25, 0.3) is 0 Å². The largest absolute Gasteiger partial charge is 0.480 e. The van der Waals surface area contributed by atoms with E-state index in [9.17, 15) is 29.4 Å². The highest BCUT2D eigenvalue weighted by Gasteiger charge is 2.30. The van der Waals surface area contributed by atoms with Gasteiger partial charge in [-0.1, -0.05) is 27.7 Å². The van der Waals surface area contributed by atoms with E-state index in [4.69, 9.17) is 0 Å². The molecule has 25 heavy (non-hydrogen) atoms. The molecule has 144 valence electrons. The molecule has 0 aliphatic carbocycles. The van der Waals surface area contributed by atoms with Crippen LogP contribution in [0.1, 0.15) is 41.0 Å². The van der Waals surface area contributed by atoms with Gasteiger partial charge in [0.1, 0.15) is 18.1 Å². The van der Waals surface area contributed by atoms with E-state index in [1.54, 1.807) is 13.8 Å². The number of aliphatic carboxylic acids is 1. The van der Waals surface area contributed by atoms with Crippen LogP contribution in [0.5, 0.6) is 0 Å². The minimum absolute atomic E-state index is 0.0479. The third-order valence-corrected chi connectivity index (χ3v) is 3.45. The fourth-order valence-electron chi connectivity index (χ4n) is 2.18. The number of amides is 3. The first-order chi connectivity index (χ1) is 11.5. The number of carboxylic acid groups (broad SMARTS) is 1. The zero-order valence-electron chi connectivity index (χ0n) is 15.3. The van der Waals surface area contributed by atoms with Crippen molar-refractivity contribution in [2.75, 3.05) is 6.61 Å². The zero-order valence-corrected chi connectivity index (χ0v) is 15.3. The Hall–Kier alpha value is -2.16. The quantitative estimate of drug-likeness (QED) is 0.347. The van der Waals surface area contributed by atoms with Crippen molar-refractivity contribution >= 4 is 23.7 Å². The van der Waals surface area contributed by atoms with Crippen LogP contribution >= 0.6 is 0 Å². The summed E-state index contributed by atoms with van der Waals surface area (Å²) >= 11 is 0. The molecule has 3 atom stereocenters. The summed E-state index contributed by atoms with van der Waals surface area (Å²) in [6, 6.07) is -3.24. The van der Waals surface area contributed by atoms with Crippen LogP contribution in [-0.2, 0) is 19.2 Å². The minimum atomic E-state index is -1.18. The van der Waals surface area contributed by atoms with Crippen LogP contribution < -0.4 is 16.0 Å². The second-order valence-electron chi connectivity index (χ2n) is 6.69. The van der Waals surface area contributed by atoms with Crippen LogP contribution in [0.15, 0.2) is 0 Å². The number of rotatable bonds is 10. The number of carbonyl (C=O) groups excluding carboxylic acids is 3. The normalized spacial score (nSPS) is 14.6. The summed E-state index contributed by atoms with van der Waals surface area (Å²) in [6.07, 6.45) is 0.278. The molecule has 9 heteroatoms. The van der Waals surface area contributed by atoms with Crippen molar-refractivity contribution in [2.24, 2.45) is 11.8 Å². The van der Waals surface area contributed by atoms with E-state index in [0.717, 1.165) is 0 Å². The summed E-state index contributed by atoms with van der Waals surface area (Å²) in [5.41, 5.74) is 0. The molecular weight excluding hydrogens is 330 g/mol. The standard InChI is InChI=1S/C16H29N3O6/c1-8(2)6-11(14(22)19-13(9(3)4)16(24)25)18-15(23)12(7-20)17-10(5)21/h8-9,11-13,20H,6-7H2,1-5H3,(H,17,21)(H,18,23)(H,19,22)(H,24,25)/t11-,12+,13+/m1/s1. The predicted molar refractivity (Wildman–Crippen MR) is 90.5 cm³/mol. The Balaban J connectivity index is 5.16. The molecule has 5 N–H and O–H groups in total. The molecule has 0 aromatic heterocycles. The maximum atomic E-state index is 12.4. The van der Waals surface area contributed by atoms with Gasteiger partial charge < -0.3 is 26.2 Å². The van der Waals surface area contributed by atoms with Crippen molar-refractivity contribution in [3.63, 3.8) is 0 Å². The van der Waals surface area contributed by atoms with Gasteiger partial charge in [-0.25, -0.2) is 4.79 Å². The minimum Gasteiger partial charge on any atom is -0.480 e. The van der Waals surface area contributed by atoms with Gasteiger partial charge in [-0.2, -0.15) is 0 Å². The number of aliphatic hydroxyl groups is 1. The van der Waals surface area contributed by atoms with E-state index in [1.165, 1.54) is 6.92 Å². The van der Waals surface area contributed by atoms with Crippen molar-refractivity contribution in [1.29, 1.82) is 0 Å². The summed E-state index contributed by atoms with van der Waals surface area (Å²) in [5.74, 6) is -3.28. The monoisotopic (exact) mass is 359 g/mol. The highest BCUT2D eigenvalue weighted by molar-refractivity contribution is 5.93. The van der Waals surface area contributed by atoms with Gasteiger partial charge in [0.15, 0.2) is 0 Å². The smallest absolute Gasteiger partial charge is 0.326 e. The molecular formula is C16H29N3O6. The van der Waals surface area contributed by atoms with Gasteiger partial charge in [0.2, 0.25) is 17.7 Å². The average Bonchev–Trinajstić information content (AvgIpc) is 2.47. The van der Waals surface area contributed by atoms with Crippen LogP contribution in [0.25, 0.3) is 0 Å². The molecule has 0 spiro atoms. The summed E-state index contributed by atoms with van der Waals surface area (Å²) in [7, 11) is 0. The molecule has 0 fully saturated rings. The van der Waals surface area contributed by atoms with Crippen molar-refractivity contribution in [3.05, 3.63) is 0 Å². The van der Waals surface area contributed by atoms with Gasteiger partial charge in [-0.15, -0.1) is 0 Å². The first-order valence-electron chi connectivity index (χ1n) is 8.21. The zero-order chi connectivity index (χ0) is 19.7. The number of carbonyl (C=O) groups is 4. The number of hydrogen-bond acceptors (Lipinski definition) is 5. The van der Waals surface area contributed by atoms with E-state index >= 15 is 0 Å². The molecule has 0 radical (unpaired) electrons. The molecule has 9 nitrogen and oxygen atoms in total. The lowest BCUT2D eigenvalue weighted by Crippen LogP contribution is -2.57. The number of hydrogen-bond donors (Lipinski definition) is 5. The van der Waals surface area contributed by atoms with E-state index in [2.05, 4.69) is 16.0 Å². The Morgan fingerprint density at radius 1 is 0.880 bits per heavy atom. The van der Waals surface area contributed by atoms with Gasteiger partial charge in [0.05, 0.1) is 6.61 Å². The molecule has 0 aliphatic rings. The molecule has 0 saturated carbocycles. The molecule has 0 aromatic carbocycles. The van der Waals surface area contributed by atoms with Gasteiger partial charge in [-0.05, 0) is 18.3 Å². The van der Waals surface area contributed by atoms with Gasteiger partial charge in [0, 0.05) is 6.92 Å². The third kappa shape index (κ3) is 8.48. The van der Waals surface area contributed by atoms with Crippen molar-refractivity contribution < 1.29 is 29.4 Å². The SMILES string of the molecule is CC(=O)N[C@@H](CO)C(=O)N[C@H](CC(C)C)C(=O)N[C@H](C(=O)O)C(C)C. The second kappa shape index (κ2) is 10.7. The Bertz CT molecular complexity index is 492. The van der Waals surface area contributed by atoms with Gasteiger partial charge >= 0.3 is 5.97 Å². The molecule has 0 bridgehead atoms. The van der Waals surface area contributed by atoms with Crippen molar-refractivity contribution in [1.82, 2.24) is 16.0 Å². The highest BCUT2D eigenvalue weighted by Crippen LogP contribution is 2.08. The van der Waals surface area contributed by atoms with E-state index in [1.807, 2.05) is 13.8 Å². The lowest BCUT2D eigenvalue weighted by Gasteiger charge is -2.25. The van der Waals surface area contributed by atoms with E-state index in [-0.39, 0.29) is 18.3 Å². The first kappa shape index (κ1) is 22.8. The molecule has 0 unspecified atom stereocenters. The molecule has 0 rings (SSSR count). The third-order valence-electron chi connectivity index (χ3n) is 3.45. The van der Waals surface area contributed by atoms with Crippen LogP contribution in [0.3, 0.4) is 0 Å². The topological polar surface area (TPSA) is 145 Å². The fraction of sp³-hybridized carbons (Fsp3) is 0.750. The molecule has 0 saturated heterocycles. The Morgan fingerprint density at radius 3 is 1.76 bits per heavy atom. The molecule has 0 heterocycles. The van der Waals surface area contributed by atoms with Crippen LogP contribution in [0, 0.1) is 11.8 Å². The number of carboxylic acids is 1. The Morgan fingerprint density at radius 2 is 1.40 bits per heavy atom. The number of nitrogens with one attached hydrogen (secondary N) is 3. The molecule has 0 aromatic rings.